The summed E-state index contributed by atoms with van der Waals surface area (Å²) in [4.78, 5) is 16.4. The van der Waals surface area contributed by atoms with Gasteiger partial charge in [-0.2, -0.15) is 13.5 Å². The quantitative estimate of drug-likeness (QED) is 0.562. The number of anilines is 1. The van der Waals surface area contributed by atoms with Crippen molar-refractivity contribution in [3.8, 4) is 11.1 Å². The molecule has 2 heterocycles. The number of amides is 2. The molecule has 2 aromatic heterocycles. The van der Waals surface area contributed by atoms with E-state index < -0.39 is 27.7 Å². The van der Waals surface area contributed by atoms with Gasteiger partial charge in [0.2, 0.25) is 0 Å². The third kappa shape index (κ3) is 5.10. The first-order chi connectivity index (χ1) is 15.0. The molecule has 0 aliphatic rings. The molecule has 0 fully saturated rings. The largest absolute Gasteiger partial charge is 0.333 e. The highest BCUT2D eigenvalue weighted by molar-refractivity contribution is 7.90. The SMILES string of the molecule is CC(C)c1cc(F)cc(-c2cncc(F)c2)c1NC(=O)NS(=O)(=O)c1ccn(C(C)C)n1. The Labute approximate surface area is 184 Å². The summed E-state index contributed by atoms with van der Waals surface area (Å²) < 4.78 is 56.5. The molecule has 0 atom stereocenters. The molecule has 3 rings (SSSR count). The van der Waals surface area contributed by atoms with Gasteiger partial charge in [0.25, 0.3) is 10.0 Å². The second-order valence-electron chi connectivity index (χ2n) is 7.75. The fourth-order valence-electron chi connectivity index (χ4n) is 3.07. The lowest BCUT2D eigenvalue weighted by molar-refractivity contribution is 0.256. The highest BCUT2D eigenvalue weighted by Crippen LogP contribution is 2.36. The first-order valence-corrected chi connectivity index (χ1v) is 11.3. The normalized spacial score (nSPS) is 11.8. The number of halogens is 2. The van der Waals surface area contributed by atoms with E-state index in [9.17, 15) is 22.0 Å². The van der Waals surface area contributed by atoms with Crippen molar-refractivity contribution in [1.82, 2.24) is 19.5 Å². The minimum absolute atomic E-state index is 0.0666. The zero-order valence-corrected chi connectivity index (χ0v) is 18.7. The summed E-state index contributed by atoms with van der Waals surface area (Å²) in [7, 11) is -4.26. The number of pyridine rings is 1. The lowest BCUT2D eigenvalue weighted by Crippen LogP contribution is -2.35. The molecule has 0 saturated heterocycles. The van der Waals surface area contributed by atoms with E-state index in [0.717, 1.165) is 18.3 Å². The van der Waals surface area contributed by atoms with Gasteiger partial charge < -0.3 is 5.32 Å². The van der Waals surface area contributed by atoms with Gasteiger partial charge in [0.05, 0.1) is 11.9 Å². The Morgan fingerprint density at radius 3 is 2.38 bits per heavy atom. The van der Waals surface area contributed by atoms with Gasteiger partial charge in [-0.3, -0.25) is 9.67 Å². The van der Waals surface area contributed by atoms with Crippen LogP contribution < -0.4 is 10.0 Å². The second-order valence-corrected chi connectivity index (χ2v) is 9.38. The first-order valence-electron chi connectivity index (χ1n) is 9.81. The number of benzene rings is 1. The maximum Gasteiger partial charge on any atom is 0.333 e. The van der Waals surface area contributed by atoms with E-state index in [1.54, 1.807) is 13.8 Å². The number of hydrogen-bond donors (Lipinski definition) is 2. The van der Waals surface area contributed by atoms with Gasteiger partial charge in [-0.15, -0.1) is 0 Å². The van der Waals surface area contributed by atoms with E-state index in [4.69, 9.17) is 0 Å². The van der Waals surface area contributed by atoms with Crippen LogP contribution in [0.5, 0.6) is 0 Å². The number of hydrogen-bond acceptors (Lipinski definition) is 5. The van der Waals surface area contributed by atoms with Gasteiger partial charge in [-0.05, 0) is 49.6 Å². The van der Waals surface area contributed by atoms with Gasteiger partial charge >= 0.3 is 6.03 Å². The van der Waals surface area contributed by atoms with Crippen LogP contribution in [-0.2, 0) is 10.0 Å². The van der Waals surface area contributed by atoms with Crippen LogP contribution in [0.25, 0.3) is 11.1 Å². The van der Waals surface area contributed by atoms with E-state index in [-0.39, 0.29) is 33.8 Å². The Morgan fingerprint density at radius 1 is 1.06 bits per heavy atom. The predicted octanol–water partition coefficient (Wildman–Crippen LogP) is 4.44. The number of urea groups is 1. The van der Waals surface area contributed by atoms with Gasteiger partial charge in [-0.25, -0.2) is 18.3 Å². The van der Waals surface area contributed by atoms with E-state index >= 15 is 0 Å². The predicted molar refractivity (Wildman–Crippen MR) is 116 cm³/mol. The van der Waals surface area contributed by atoms with E-state index in [1.807, 2.05) is 18.6 Å². The summed E-state index contributed by atoms with van der Waals surface area (Å²) in [5.41, 5.74) is 0.938. The zero-order chi connectivity index (χ0) is 23.6. The maximum atomic E-state index is 14.3. The molecular weight excluding hydrogens is 440 g/mol. The summed E-state index contributed by atoms with van der Waals surface area (Å²) in [5, 5.41) is 6.12. The monoisotopic (exact) mass is 463 g/mol. The molecule has 0 unspecified atom stereocenters. The molecule has 0 saturated carbocycles. The highest BCUT2D eigenvalue weighted by Gasteiger charge is 2.24. The molecule has 8 nitrogen and oxygen atoms in total. The van der Waals surface area contributed by atoms with Crippen molar-refractivity contribution in [2.24, 2.45) is 0 Å². The van der Waals surface area contributed by atoms with Crippen molar-refractivity contribution >= 4 is 21.7 Å². The summed E-state index contributed by atoms with van der Waals surface area (Å²) in [5.74, 6) is -1.47. The topological polar surface area (TPSA) is 106 Å². The number of aromatic nitrogens is 3. The smallest absolute Gasteiger partial charge is 0.306 e. The molecule has 3 aromatic rings. The lowest BCUT2D eigenvalue weighted by atomic mass is 9.94. The third-order valence-electron chi connectivity index (χ3n) is 4.63. The minimum atomic E-state index is -4.26. The molecule has 170 valence electrons. The van der Waals surface area contributed by atoms with Crippen LogP contribution in [0.2, 0.25) is 0 Å². The van der Waals surface area contributed by atoms with Crippen LogP contribution >= 0.6 is 0 Å². The summed E-state index contributed by atoms with van der Waals surface area (Å²) in [6.07, 6.45) is 3.80. The Hall–Kier alpha value is -3.34. The molecule has 0 radical (unpaired) electrons. The van der Waals surface area contributed by atoms with Crippen molar-refractivity contribution in [3.63, 3.8) is 0 Å². The van der Waals surface area contributed by atoms with Crippen molar-refractivity contribution in [1.29, 1.82) is 0 Å². The van der Waals surface area contributed by atoms with E-state index in [0.29, 0.717) is 5.56 Å². The molecule has 32 heavy (non-hydrogen) atoms. The third-order valence-corrected chi connectivity index (χ3v) is 5.85. The number of sulfonamides is 1. The zero-order valence-electron chi connectivity index (χ0n) is 17.9. The van der Waals surface area contributed by atoms with Gasteiger partial charge in [0, 0.05) is 29.6 Å². The average molecular weight is 464 g/mol. The molecule has 2 amide bonds. The Bertz CT molecular complexity index is 1260. The van der Waals surface area contributed by atoms with Crippen molar-refractivity contribution < 1.29 is 22.0 Å². The van der Waals surface area contributed by atoms with Crippen LogP contribution in [0, 0.1) is 11.6 Å². The van der Waals surface area contributed by atoms with Gasteiger partial charge in [0.15, 0.2) is 5.03 Å². The fourth-order valence-corrected chi connectivity index (χ4v) is 3.92. The summed E-state index contributed by atoms with van der Waals surface area (Å²) in [6, 6.07) is 3.64. The molecule has 11 heteroatoms. The standard InChI is InChI=1S/C21H23F2N5O3S/c1-12(2)17-8-15(22)9-18(14-7-16(23)11-24-10-14)20(17)25-21(29)27-32(30,31)19-5-6-28(26-19)13(3)4/h5-13H,1-4H3,(H2,25,27,29). The number of nitrogens with zero attached hydrogens (tertiary/aromatic N) is 3. The fraction of sp³-hybridized carbons (Fsp3) is 0.286. The van der Waals surface area contributed by atoms with E-state index in [2.05, 4.69) is 15.4 Å². The Kier molecular flexibility index (Phi) is 6.58. The maximum absolute atomic E-state index is 14.3. The molecule has 0 aliphatic carbocycles. The van der Waals surface area contributed by atoms with Gasteiger partial charge in [0.1, 0.15) is 11.6 Å². The molecule has 1 aromatic carbocycles. The van der Waals surface area contributed by atoms with Gasteiger partial charge in [-0.1, -0.05) is 13.8 Å². The Balaban J connectivity index is 1.97. The molecule has 0 bridgehead atoms. The van der Waals surface area contributed by atoms with Crippen LogP contribution in [0.1, 0.15) is 45.2 Å². The number of carbonyl (C=O) groups excluding carboxylic acids is 1. The van der Waals surface area contributed by atoms with Crippen molar-refractivity contribution in [3.05, 3.63) is 60.1 Å². The van der Waals surface area contributed by atoms with Crippen LogP contribution in [-0.4, -0.2) is 29.2 Å². The van der Waals surface area contributed by atoms with Crippen molar-refractivity contribution in [2.75, 3.05) is 5.32 Å². The molecule has 0 aliphatic heterocycles. The highest BCUT2D eigenvalue weighted by atomic mass is 32.2. The minimum Gasteiger partial charge on any atom is -0.306 e. The molecular formula is C21H23F2N5O3S. The number of rotatable bonds is 6. The second kappa shape index (κ2) is 9.03. The van der Waals surface area contributed by atoms with E-state index in [1.165, 1.54) is 29.2 Å². The first kappa shape index (κ1) is 23.3. The van der Waals surface area contributed by atoms with Crippen LogP contribution in [0.15, 0.2) is 47.9 Å². The molecule has 2 N–H and O–H groups in total. The summed E-state index contributed by atoms with van der Waals surface area (Å²) >= 11 is 0. The van der Waals surface area contributed by atoms with Crippen LogP contribution in [0.3, 0.4) is 0 Å². The Morgan fingerprint density at radius 2 is 1.78 bits per heavy atom. The average Bonchev–Trinajstić information content (AvgIpc) is 3.20. The summed E-state index contributed by atoms with van der Waals surface area (Å²) in [6.45, 7) is 7.21. The molecule has 0 spiro atoms. The number of carbonyl (C=O) groups is 1. The van der Waals surface area contributed by atoms with Crippen molar-refractivity contribution in [2.45, 2.75) is 44.7 Å². The number of nitrogens with one attached hydrogen (secondary N) is 2. The lowest BCUT2D eigenvalue weighted by Gasteiger charge is -2.19. The van der Waals surface area contributed by atoms with Crippen LogP contribution in [0.4, 0.5) is 19.3 Å².